The first kappa shape index (κ1) is 16.9. The number of anilines is 1. The van der Waals surface area contributed by atoms with Gasteiger partial charge in [0.05, 0.1) is 16.3 Å². The second kappa shape index (κ2) is 7.19. The number of hydrogen-bond acceptors (Lipinski definition) is 3. The summed E-state index contributed by atoms with van der Waals surface area (Å²) in [5.74, 6) is -1.98. The van der Waals surface area contributed by atoms with Gasteiger partial charge in [-0.1, -0.05) is 18.2 Å². The molecular weight excluding hydrogens is 326 g/mol. The molecule has 2 rings (SSSR count). The van der Waals surface area contributed by atoms with Crippen LogP contribution < -0.4 is 10.6 Å². The lowest BCUT2D eigenvalue weighted by molar-refractivity contribution is 0.252. The summed E-state index contributed by atoms with van der Waals surface area (Å²) in [6, 6.07) is 9.75. The van der Waals surface area contributed by atoms with E-state index >= 15 is 0 Å². The van der Waals surface area contributed by atoms with Gasteiger partial charge in [-0.15, -0.1) is 0 Å². The molecule has 0 heterocycles. The van der Waals surface area contributed by atoms with Crippen molar-refractivity contribution in [2.45, 2.75) is 4.90 Å². The molecule has 2 aromatic rings. The Morgan fingerprint density at radius 2 is 1.74 bits per heavy atom. The lowest BCUT2D eigenvalue weighted by Gasteiger charge is -2.09. The maximum absolute atomic E-state index is 13.4. The molecule has 0 atom stereocenters. The van der Waals surface area contributed by atoms with Crippen LogP contribution in [-0.2, 0) is 9.84 Å². The summed E-state index contributed by atoms with van der Waals surface area (Å²) in [4.78, 5) is 11.8. The topological polar surface area (TPSA) is 75.3 Å². The molecule has 122 valence electrons. The largest absolute Gasteiger partial charge is 0.337 e. The van der Waals surface area contributed by atoms with Crippen LogP contribution in [-0.4, -0.2) is 26.7 Å². The van der Waals surface area contributed by atoms with E-state index in [2.05, 4.69) is 10.6 Å². The molecule has 0 bridgehead atoms. The molecule has 2 amide bonds. The minimum atomic E-state index is -3.51. The molecule has 0 aliphatic carbocycles. The smallest absolute Gasteiger partial charge is 0.319 e. The number of hydrogen-bond donors (Lipinski definition) is 2. The standard InChI is InChI=1S/C15H14F2N2O3S/c16-11-6-7-14(13(17)10-11)19-15(20)18-8-9-23(21,22)12-4-2-1-3-5-12/h1-7,10H,8-9H2,(H2,18,19,20). The summed E-state index contributed by atoms with van der Waals surface area (Å²) in [5.41, 5.74) is -0.199. The average molecular weight is 340 g/mol. The highest BCUT2D eigenvalue weighted by Gasteiger charge is 2.14. The summed E-state index contributed by atoms with van der Waals surface area (Å²) in [7, 11) is -3.51. The quantitative estimate of drug-likeness (QED) is 0.878. The molecule has 0 aromatic heterocycles. The van der Waals surface area contributed by atoms with Crippen LogP contribution in [0, 0.1) is 11.6 Å². The molecule has 0 fully saturated rings. The summed E-state index contributed by atoms with van der Waals surface area (Å²) >= 11 is 0. The number of carbonyl (C=O) groups is 1. The summed E-state index contributed by atoms with van der Waals surface area (Å²) in [6.07, 6.45) is 0. The highest BCUT2D eigenvalue weighted by molar-refractivity contribution is 7.91. The van der Waals surface area contributed by atoms with Crippen molar-refractivity contribution in [2.75, 3.05) is 17.6 Å². The van der Waals surface area contributed by atoms with Crippen molar-refractivity contribution in [1.82, 2.24) is 5.32 Å². The number of nitrogens with one attached hydrogen (secondary N) is 2. The van der Waals surface area contributed by atoms with Crippen LogP contribution in [0.5, 0.6) is 0 Å². The van der Waals surface area contributed by atoms with E-state index < -0.39 is 27.5 Å². The molecular formula is C15H14F2N2O3S. The Hall–Kier alpha value is -2.48. The molecule has 8 heteroatoms. The van der Waals surface area contributed by atoms with Crippen LogP contribution >= 0.6 is 0 Å². The SMILES string of the molecule is O=C(NCCS(=O)(=O)c1ccccc1)Nc1ccc(F)cc1F. The van der Waals surface area contributed by atoms with E-state index in [1.54, 1.807) is 18.2 Å². The van der Waals surface area contributed by atoms with E-state index in [0.717, 1.165) is 12.1 Å². The van der Waals surface area contributed by atoms with E-state index in [1.807, 2.05) is 0 Å². The summed E-state index contributed by atoms with van der Waals surface area (Å²) < 4.78 is 50.1. The molecule has 0 radical (unpaired) electrons. The molecule has 0 unspecified atom stereocenters. The fraction of sp³-hybridized carbons (Fsp3) is 0.133. The molecule has 2 N–H and O–H groups in total. The second-order valence-electron chi connectivity index (χ2n) is 4.64. The number of carbonyl (C=O) groups excluding carboxylic acids is 1. The molecule has 0 saturated heterocycles. The zero-order valence-corrected chi connectivity index (χ0v) is 12.7. The van der Waals surface area contributed by atoms with Gasteiger partial charge in [-0.25, -0.2) is 22.0 Å². The molecule has 0 spiro atoms. The lowest BCUT2D eigenvalue weighted by atomic mass is 10.3. The molecule has 0 aliphatic rings. The van der Waals surface area contributed by atoms with Gasteiger partial charge in [0.15, 0.2) is 9.84 Å². The minimum Gasteiger partial charge on any atom is -0.337 e. The van der Waals surface area contributed by atoms with Crippen molar-refractivity contribution in [1.29, 1.82) is 0 Å². The first-order chi connectivity index (χ1) is 10.9. The number of halogens is 2. The first-order valence-electron chi connectivity index (χ1n) is 6.66. The highest BCUT2D eigenvalue weighted by atomic mass is 32.2. The normalized spacial score (nSPS) is 11.0. The Bertz CT molecular complexity index is 796. The Morgan fingerprint density at radius 3 is 2.39 bits per heavy atom. The lowest BCUT2D eigenvalue weighted by Crippen LogP contribution is -2.33. The van der Waals surface area contributed by atoms with Gasteiger partial charge in [0.25, 0.3) is 0 Å². The zero-order chi connectivity index (χ0) is 16.9. The first-order valence-corrected chi connectivity index (χ1v) is 8.31. The Balaban J connectivity index is 1.88. The third kappa shape index (κ3) is 4.75. The highest BCUT2D eigenvalue weighted by Crippen LogP contribution is 2.14. The Kier molecular flexibility index (Phi) is 5.28. The number of benzene rings is 2. The predicted molar refractivity (Wildman–Crippen MR) is 81.9 cm³/mol. The minimum absolute atomic E-state index is 0.147. The van der Waals surface area contributed by atoms with Crippen LogP contribution in [0.4, 0.5) is 19.3 Å². The predicted octanol–water partition coefficient (Wildman–Crippen LogP) is 2.56. The fourth-order valence-corrected chi connectivity index (χ4v) is 2.98. The van der Waals surface area contributed by atoms with Gasteiger partial charge in [0.1, 0.15) is 11.6 Å². The van der Waals surface area contributed by atoms with Gasteiger partial charge >= 0.3 is 6.03 Å². The van der Waals surface area contributed by atoms with Crippen molar-refractivity contribution >= 4 is 21.6 Å². The van der Waals surface area contributed by atoms with Crippen molar-refractivity contribution in [3.8, 4) is 0 Å². The van der Waals surface area contributed by atoms with Crippen LogP contribution in [0.1, 0.15) is 0 Å². The molecule has 0 saturated carbocycles. The maximum Gasteiger partial charge on any atom is 0.319 e. The van der Waals surface area contributed by atoms with E-state index in [0.29, 0.717) is 6.07 Å². The van der Waals surface area contributed by atoms with Gasteiger partial charge in [-0.2, -0.15) is 0 Å². The van der Waals surface area contributed by atoms with Crippen molar-refractivity contribution in [2.24, 2.45) is 0 Å². The average Bonchev–Trinajstić information content (AvgIpc) is 2.51. The summed E-state index contributed by atoms with van der Waals surface area (Å²) in [6.45, 7) is -0.147. The fourth-order valence-electron chi connectivity index (χ4n) is 1.80. The third-order valence-corrected chi connectivity index (χ3v) is 4.67. The van der Waals surface area contributed by atoms with Crippen LogP contribution in [0.15, 0.2) is 53.4 Å². The summed E-state index contributed by atoms with van der Waals surface area (Å²) in [5, 5.41) is 4.49. The number of sulfone groups is 1. The van der Waals surface area contributed by atoms with E-state index in [9.17, 15) is 22.0 Å². The number of urea groups is 1. The monoisotopic (exact) mass is 340 g/mol. The molecule has 23 heavy (non-hydrogen) atoms. The second-order valence-corrected chi connectivity index (χ2v) is 6.75. The van der Waals surface area contributed by atoms with Crippen molar-refractivity contribution in [3.05, 3.63) is 60.2 Å². The van der Waals surface area contributed by atoms with Gasteiger partial charge < -0.3 is 10.6 Å². The van der Waals surface area contributed by atoms with Crippen LogP contribution in [0.3, 0.4) is 0 Å². The Labute approximate surface area is 132 Å². The number of amides is 2. The van der Waals surface area contributed by atoms with Gasteiger partial charge in [0, 0.05) is 12.6 Å². The van der Waals surface area contributed by atoms with E-state index in [-0.39, 0.29) is 22.9 Å². The van der Waals surface area contributed by atoms with E-state index in [4.69, 9.17) is 0 Å². The van der Waals surface area contributed by atoms with Crippen LogP contribution in [0.25, 0.3) is 0 Å². The number of rotatable bonds is 5. The van der Waals surface area contributed by atoms with Gasteiger partial charge in [0.2, 0.25) is 0 Å². The Morgan fingerprint density at radius 1 is 1.04 bits per heavy atom. The zero-order valence-electron chi connectivity index (χ0n) is 11.9. The van der Waals surface area contributed by atoms with Gasteiger partial charge in [-0.3, -0.25) is 0 Å². The van der Waals surface area contributed by atoms with Crippen LogP contribution in [0.2, 0.25) is 0 Å². The van der Waals surface area contributed by atoms with Crippen molar-refractivity contribution in [3.63, 3.8) is 0 Å². The van der Waals surface area contributed by atoms with Crippen molar-refractivity contribution < 1.29 is 22.0 Å². The third-order valence-electron chi connectivity index (χ3n) is 2.94. The van der Waals surface area contributed by atoms with Gasteiger partial charge in [-0.05, 0) is 24.3 Å². The van der Waals surface area contributed by atoms with E-state index in [1.165, 1.54) is 12.1 Å². The molecule has 2 aromatic carbocycles. The molecule has 5 nitrogen and oxygen atoms in total. The molecule has 0 aliphatic heterocycles. The maximum atomic E-state index is 13.4.